The molecular weight excluding hydrogens is 260 g/mol. The molecule has 106 valence electrons. The lowest BCUT2D eigenvalue weighted by atomic mass is 9.91. The highest BCUT2D eigenvalue weighted by Gasteiger charge is 2.17. The average molecular weight is 277 g/mol. The fourth-order valence-electron chi connectivity index (χ4n) is 2.45. The van der Waals surface area contributed by atoms with E-state index in [0.29, 0.717) is 0 Å². The second kappa shape index (κ2) is 5.59. The highest BCUT2D eigenvalue weighted by molar-refractivity contribution is 5.44. The summed E-state index contributed by atoms with van der Waals surface area (Å²) in [5.74, 6) is -0.570. The van der Waals surface area contributed by atoms with Crippen molar-refractivity contribution < 1.29 is 13.5 Å². The van der Waals surface area contributed by atoms with Gasteiger partial charge in [0.15, 0.2) is 11.6 Å². The lowest BCUT2D eigenvalue weighted by Gasteiger charge is -2.19. The number of halogens is 2. The minimum Gasteiger partial charge on any atom is -0.494 e. The van der Waals surface area contributed by atoms with Crippen LogP contribution in [0.1, 0.15) is 28.3 Å². The first-order valence-corrected chi connectivity index (χ1v) is 6.29. The van der Waals surface area contributed by atoms with E-state index in [1.807, 2.05) is 13.8 Å². The first-order chi connectivity index (χ1) is 9.43. The smallest absolute Gasteiger partial charge is 0.165 e. The van der Waals surface area contributed by atoms with Crippen molar-refractivity contribution in [2.24, 2.45) is 5.73 Å². The van der Waals surface area contributed by atoms with Gasteiger partial charge in [0.1, 0.15) is 5.82 Å². The molecule has 0 aliphatic heterocycles. The first kappa shape index (κ1) is 14.5. The van der Waals surface area contributed by atoms with Crippen LogP contribution in [0.3, 0.4) is 0 Å². The number of aryl methyl sites for hydroxylation is 2. The van der Waals surface area contributed by atoms with Gasteiger partial charge in [0.2, 0.25) is 0 Å². The fraction of sp³-hybridized carbons (Fsp3) is 0.250. The summed E-state index contributed by atoms with van der Waals surface area (Å²) >= 11 is 0. The van der Waals surface area contributed by atoms with E-state index >= 15 is 0 Å². The Morgan fingerprint density at radius 3 is 2.20 bits per heavy atom. The van der Waals surface area contributed by atoms with E-state index in [0.717, 1.165) is 22.3 Å². The largest absolute Gasteiger partial charge is 0.494 e. The number of nitrogens with two attached hydrogens (primary N) is 1. The van der Waals surface area contributed by atoms with Gasteiger partial charge in [0.05, 0.1) is 13.2 Å². The monoisotopic (exact) mass is 277 g/mol. The summed E-state index contributed by atoms with van der Waals surface area (Å²) in [5, 5.41) is 0. The van der Waals surface area contributed by atoms with Crippen LogP contribution in [-0.2, 0) is 0 Å². The zero-order valence-electron chi connectivity index (χ0n) is 11.7. The molecule has 2 aromatic rings. The van der Waals surface area contributed by atoms with Crippen molar-refractivity contribution in [1.29, 1.82) is 0 Å². The third-order valence-electron chi connectivity index (χ3n) is 3.40. The molecule has 20 heavy (non-hydrogen) atoms. The van der Waals surface area contributed by atoms with Gasteiger partial charge < -0.3 is 10.5 Å². The second-order valence-corrected chi connectivity index (χ2v) is 4.82. The number of methoxy groups -OCH3 is 1. The van der Waals surface area contributed by atoms with Crippen molar-refractivity contribution in [3.05, 3.63) is 64.2 Å². The lowest BCUT2D eigenvalue weighted by Crippen LogP contribution is -2.15. The van der Waals surface area contributed by atoms with Crippen LogP contribution in [-0.4, -0.2) is 7.11 Å². The third kappa shape index (κ3) is 2.65. The average Bonchev–Trinajstić information content (AvgIpc) is 2.37. The first-order valence-electron chi connectivity index (χ1n) is 6.29. The number of benzene rings is 2. The van der Waals surface area contributed by atoms with Crippen molar-refractivity contribution in [3.8, 4) is 5.75 Å². The molecular formula is C16H17F2NO. The molecule has 0 aliphatic rings. The number of hydrogen-bond acceptors (Lipinski definition) is 2. The third-order valence-corrected chi connectivity index (χ3v) is 3.40. The Hall–Kier alpha value is -1.94. The molecule has 0 spiro atoms. The summed E-state index contributed by atoms with van der Waals surface area (Å²) < 4.78 is 31.7. The Morgan fingerprint density at radius 2 is 1.65 bits per heavy atom. The van der Waals surface area contributed by atoms with Crippen molar-refractivity contribution in [1.82, 2.24) is 0 Å². The van der Waals surface area contributed by atoms with Gasteiger partial charge in [-0.05, 0) is 60.4 Å². The van der Waals surface area contributed by atoms with Crippen molar-refractivity contribution >= 4 is 0 Å². The Morgan fingerprint density at radius 1 is 1.05 bits per heavy atom. The summed E-state index contributed by atoms with van der Waals surface area (Å²) in [7, 11) is 1.40. The number of ether oxygens (including phenoxy) is 1. The highest BCUT2D eigenvalue weighted by atomic mass is 19.1. The van der Waals surface area contributed by atoms with Gasteiger partial charge >= 0.3 is 0 Å². The van der Waals surface area contributed by atoms with Crippen LogP contribution < -0.4 is 10.5 Å². The van der Waals surface area contributed by atoms with Crippen LogP contribution in [0.5, 0.6) is 5.75 Å². The molecule has 1 unspecified atom stereocenters. The molecule has 0 amide bonds. The summed E-state index contributed by atoms with van der Waals surface area (Å²) in [4.78, 5) is 0. The van der Waals surface area contributed by atoms with Crippen molar-refractivity contribution in [2.75, 3.05) is 7.11 Å². The molecule has 2 N–H and O–H groups in total. The van der Waals surface area contributed by atoms with Crippen molar-refractivity contribution in [2.45, 2.75) is 19.9 Å². The van der Waals surface area contributed by atoms with Gasteiger partial charge in [0, 0.05) is 0 Å². The Balaban J connectivity index is 2.49. The maximum atomic E-state index is 13.4. The van der Waals surface area contributed by atoms with Gasteiger partial charge in [-0.25, -0.2) is 8.78 Å². The maximum absolute atomic E-state index is 13.4. The van der Waals surface area contributed by atoms with Crippen LogP contribution in [0, 0.1) is 25.5 Å². The van der Waals surface area contributed by atoms with Crippen molar-refractivity contribution in [3.63, 3.8) is 0 Å². The van der Waals surface area contributed by atoms with Crippen LogP contribution in [0.25, 0.3) is 0 Å². The molecule has 2 nitrogen and oxygen atoms in total. The van der Waals surface area contributed by atoms with Crippen LogP contribution in [0.15, 0.2) is 30.3 Å². The van der Waals surface area contributed by atoms with Crippen LogP contribution >= 0.6 is 0 Å². The van der Waals surface area contributed by atoms with Gasteiger partial charge in [-0.1, -0.05) is 6.07 Å². The van der Waals surface area contributed by atoms with E-state index in [9.17, 15) is 8.78 Å². The maximum Gasteiger partial charge on any atom is 0.165 e. The molecule has 2 rings (SSSR count). The summed E-state index contributed by atoms with van der Waals surface area (Å²) in [6.07, 6.45) is 0. The van der Waals surface area contributed by atoms with E-state index in [-0.39, 0.29) is 11.6 Å². The molecule has 0 aliphatic carbocycles. The highest BCUT2D eigenvalue weighted by Crippen LogP contribution is 2.29. The van der Waals surface area contributed by atoms with Gasteiger partial charge in [-0.2, -0.15) is 0 Å². The summed E-state index contributed by atoms with van der Waals surface area (Å²) in [6, 6.07) is 6.95. The SMILES string of the molecule is COc1cc(C(N)c2c(C)cc(F)cc2C)ccc1F. The zero-order chi connectivity index (χ0) is 14.9. The summed E-state index contributed by atoms with van der Waals surface area (Å²) in [6.45, 7) is 3.62. The molecule has 0 radical (unpaired) electrons. The van der Waals surface area contributed by atoms with Crippen LogP contribution in [0.2, 0.25) is 0 Å². The van der Waals surface area contributed by atoms with E-state index in [4.69, 9.17) is 10.5 Å². The molecule has 2 aromatic carbocycles. The number of hydrogen-bond donors (Lipinski definition) is 1. The van der Waals surface area contributed by atoms with Gasteiger partial charge in [-0.15, -0.1) is 0 Å². The molecule has 0 saturated heterocycles. The van der Waals surface area contributed by atoms with Gasteiger partial charge in [-0.3, -0.25) is 0 Å². The van der Waals surface area contributed by atoms with E-state index in [1.54, 1.807) is 12.1 Å². The van der Waals surface area contributed by atoms with E-state index in [1.165, 1.54) is 25.3 Å². The minimum atomic E-state index is -0.454. The standard InChI is InChI=1S/C16H17F2NO/c1-9-6-12(17)7-10(2)15(9)16(19)11-4-5-13(18)14(8-11)20-3/h4-8,16H,19H2,1-3H3. The Kier molecular flexibility index (Phi) is 4.04. The minimum absolute atomic E-state index is 0.148. The molecule has 0 fully saturated rings. The molecule has 0 saturated carbocycles. The molecule has 0 aromatic heterocycles. The predicted octanol–water partition coefficient (Wildman–Crippen LogP) is 3.64. The number of rotatable bonds is 3. The normalized spacial score (nSPS) is 12.3. The quantitative estimate of drug-likeness (QED) is 0.929. The molecule has 4 heteroatoms. The molecule has 1 atom stereocenters. The molecule has 0 bridgehead atoms. The fourth-order valence-corrected chi connectivity index (χ4v) is 2.45. The lowest BCUT2D eigenvalue weighted by molar-refractivity contribution is 0.385. The zero-order valence-corrected chi connectivity index (χ0v) is 11.7. The Bertz CT molecular complexity index is 617. The molecule has 0 heterocycles. The topological polar surface area (TPSA) is 35.2 Å². The Labute approximate surface area is 117 Å². The van der Waals surface area contributed by atoms with Crippen LogP contribution in [0.4, 0.5) is 8.78 Å². The van der Waals surface area contributed by atoms with E-state index in [2.05, 4.69) is 0 Å². The second-order valence-electron chi connectivity index (χ2n) is 4.82. The predicted molar refractivity (Wildman–Crippen MR) is 74.9 cm³/mol. The summed E-state index contributed by atoms with van der Waals surface area (Å²) in [5.41, 5.74) is 9.36. The van der Waals surface area contributed by atoms with E-state index < -0.39 is 11.9 Å². The van der Waals surface area contributed by atoms with Gasteiger partial charge in [0.25, 0.3) is 0 Å².